The number of carboxylic acids is 3. The van der Waals surface area contributed by atoms with Gasteiger partial charge in [0.15, 0.2) is 0 Å². The largest absolute Gasteiger partial charge is 0.478 e. The lowest BCUT2D eigenvalue weighted by molar-refractivity contribution is -0.137. The first-order valence-corrected chi connectivity index (χ1v) is 7.83. The summed E-state index contributed by atoms with van der Waals surface area (Å²) < 4.78 is 5.19. The summed E-state index contributed by atoms with van der Waals surface area (Å²) >= 11 is 6.15. The molecule has 0 aliphatic heterocycles. The summed E-state index contributed by atoms with van der Waals surface area (Å²) in [6, 6.07) is 4.05. The molecule has 1 aromatic heterocycles. The van der Waals surface area contributed by atoms with Gasteiger partial charge in [-0.15, -0.1) is 0 Å². The van der Waals surface area contributed by atoms with Gasteiger partial charge in [-0.1, -0.05) is 24.9 Å². The molecule has 0 amide bonds. The number of benzene rings is 1. The minimum atomic E-state index is -1.55. The third-order valence-electron chi connectivity index (χ3n) is 3.35. The van der Waals surface area contributed by atoms with Gasteiger partial charge in [0.1, 0.15) is 11.4 Å². The zero-order valence-electron chi connectivity index (χ0n) is 13.5. The number of aryl methyl sites for hydroxylation is 1. The molecule has 3 N–H and O–H groups in total. The fraction of sp³-hybridized carbons (Fsp3) is 0.176. The third-order valence-corrected chi connectivity index (χ3v) is 3.66. The average Bonchev–Trinajstić information content (AvgIpc) is 2.54. The van der Waals surface area contributed by atoms with E-state index in [4.69, 9.17) is 31.7 Å². The van der Waals surface area contributed by atoms with E-state index in [-0.39, 0.29) is 16.5 Å². The summed E-state index contributed by atoms with van der Waals surface area (Å²) in [6.45, 7) is 1.90. The van der Waals surface area contributed by atoms with E-state index in [9.17, 15) is 14.4 Å². The minimum absolute atomic E-state index is 0.0580. The Hall–Kier alpha value is -3.13. The van der Waals surface area contributed by atoms with Crippen molar-refractivity contribution in [1.29, 1.82) is 0 Å². The molecule has 0 saturated carbocycles. The van der Waals surface area contributed by atoms with E-state index in [2.05, 4.69) is 4.98 Å². The first-order chi connectivity index (χ1) is 12.2. The molecule has 0 aliphatic carbocycles. The number of halogens is 1. The van der Waals surface area contributed by atoms with E-state index in [1.54, 1.807) is 0 Å². The van der Waals surface area contributed by atoms with Crippen LogP contribution in [-0.2, 0) is 16.0 Å². The Kier molecular flexibility index (Phi) is 5.78. The van der Waals surface area contributed by atoms with Crippen LogP contribution >= 0.6 is 11.6 Å². The molecule has 0 aliphatic rings. The molecular weight excluding hydrogens is 366 g/mol. The number of hydrogen-bond donors (Lipinski definition) is 3. The van der Waals surface area contributed by atoms with Crippen molar-refractivity contribution in [2.75, 3.05) is 0 Å². The summed E-state index contributed by atoms with van der Waals surface area (Å²) in [4.78, 5) is 37.2. The van der Waals surface area contributed by atoms with Gasteiger partial charge in [0, 0.05) is 5.39 Å². The van der Waals surface area contributed by atoms with Gasteiger partial charge in [-0.25, -0.2) is 19.4 Å². The van der Waals surface area contributed by atoms with Crippen molar-refractivity contribution in [3.8, 4) is 5.75 Å². The molecule has 0 spiro atoms. The van der Waals surface area contributed by atoms with Crippen LogP contribution in [0.4, 0.5) is 0 Å². The Morgan fingerprint density at radius 3 is 2.42 bits per heavy atom. The second kappa shape index (κ2) is 7.83. The van der Waals surface area contributed by atoms with E-state index in [0.29, 0.717) is 35.4 Å². The predicted molar refractivity (Wildman–Crippen MR) is 91.7 cm³/mol. The van der Waals surface area contributed by atoms with Crippen molar-refractivity contribution < 1.29 is 34.4 Å². The van der Waals surface area contributed by atoms with Crippen molar-refractivity contribution in [3.63, 3.8) is 0 Å². The standard InChI is InChI=1S/C17H14ClNO7/c1-2-3-8-4-9(26-13(17(24)25)7-14(20)21)5-10-11(18)6-12(16(22)23)19-15(8)10/h4-7H,2-3H2,1H3,(H,20,21)(H,22,23)(H,24,25). The Bertz CT molecular complexity index is 936. The highest BCUT2D eigenvalue weighted by Crippen LogP contribution is 2.31. The van der Waals surface area contributed by atoms with Gasteiger partial charge in [-0.3, -0.25) is 0 Å². The van der Waals surface area contributed by atoms with Crippen LogP contribution in [0, 0.1) is 0 Å². The van der Waals surface area contributed by atoms with Gasteiger partial charge in [-0.05, 0) is 30.2 Å². The molecule has 26 heavy (non-hydrogen) atoms. The maximum atomic E-state index is 11.2. The fourth-order valence-electron chi connectivity index (χ4n) is 2.33. The van der Waals surface area contributed by atoms with E-state index in [1.807, 2.05) is 6.92 Å². The van der Waals surface area contributed by atoms with E-state index in [1.165, 1.54) is 18.2 Å². The number of carboxylic acid groups (broad SMARTS) is 3. The zero-order chi connectivity index (χ0) is 19.4. The summed E-state index contributed by atoms with van der Waals surface area (Å²) in [5, 5.41) is 27.4. The Morgan fingerprint density at radius 2 is 1.88 bits per heavy atom. The Morgan fingerprint density at radius 1 is 1.19 bits per heavy atom. The summed E-state index contributed by atoms with van der Waals surface area (Å²) in [6.07, 6.45) is 1.64. The van der Waals surface area contributed by atoms with E-state index in [0.717, 1.165) is 0 Å². The van der Waals surface area contributed by atoms with Crippen LogP contribution in [0.3, 0.4) is 0 Å². The molecule has 1 aromatic carbocycles. The molecule has 0 radical (unpaired) electrons. The zero-order valence-corrected chi connectivity index (χ0v) is 14.3. The normalized spacial score (nSPS) is 11.4. The van der Waals surface area contributed by atoms with E-state index >= 15 is 0 Å². The van der Waals surface area contributed by atoms with Gasteiger partial charge < -0.3 is 20.1 Å². The molecule has 0 unspecified atom stereocenters. The highest BCUT2D eigenvalue weighted by atomic mass is 35.5. The second-order valence-corrected chi connectivity index (χ2v) is 5.68. The van der Waals surface area contributed by atoms with Gasteiger partial charge in [0.2, 0.25) is 5.76 Å². The summed E-state index contributed by atoms with van der Waals surface area (Å²) in [7, 11) is 0. The van der Waals surface area contributed by atoms with Crippen molar-refractivity contribution >= 4 is 40.4 Å². The van der Waals surface area contributed by atoms with Crippen molar-refractivity contribution in [1.82, 2.24) is 4.98 Å². The van der Waals surface area contributed by atoms with Crippen molar-refractivity contribution in [2.45, 2.75) is 19.8 Å². The first-order valence-electron chi connectivity index (χ1n) is 7.45. The molecule has 2 rings (SSSR count). The van der Waals surface area contributed by atoms with Crippen LogP contribution in [-0.4, -0.2) is 38.2 Å². The molecular formula is C17H14ClNO7. The van der Waals surface area contributed by atoms with Gasteiger partial charge in [0.05, 0.1) is 16.6 Å². The SMILES string of the molecule is CCCc1cc(OC(=CC(=O)O)C(=O)O)cc2c(Cl)cc(C(=O)O)nc12. The first kappa shape index (κ1) is 19.2. The second-order valence-electron chi connectivity index (χ2n) is 5.28. The summed E-state index contributed by atoms with van der Waals surface area (Å²) in [5.74, 6) is -4.96. The smallest absolute Gasteiger partial charge is 0.372 e. The molecule has 9 heteroatoms. The molecule has 136 valence electrons. The number of hydrogen-bond acceptors (Lipinski definition) is 5. The lowest BCUT2D eigenvalue weighted by atomic mass is 10.0. The molecule has 1 heterocycles. The number of carbonyl (C=O) groups is 3. The quantitative estimate of drug-likeness (QED) is 0.493. The molecule has 0 bridgehead atoms. The maximum Gasteiger partial charge on any atom is 0.372 e. The topological polar surface area (TPSA) is 134 Å². The van der Waals surface area contributed by atoms with Crippen LogP contribution in [0.5, 0.6) is 5.75 Å². The number of ether oxygens (including phenoxy) is 1. The lowest BCUT2D eigenvalue weighted by Gasteiger charge is -2.12. The van der Waals surface area contributed by atoms with Crippen LogP contribution in [0.15, 0.2) is 30.0 Å². The maximum absolute atomic E-state index is 11.2. The number of aliphatic carboxylic acids is 2. The van der Waals surface area contributed by atoms with Crippen LogP contribution in [0.25, 0.3) is 10.9 Å². The third kappa shape index (κ3) is 4.28. The van der Waals surface area contributed by atoms with Crippen LogP contribution in [0.2, 0.25) is 5.02 Å². The number of nitrogens with zero attached hydrogens (tertiary/aromatic N) is 1. The number of aromatic carboxylic acids is 1. The average molecular weight is 380 g/mol. The molecule has 0 atom stereocenters. The molecule has 0 fully saturated rings. The fourth-order valence-corrected chi connectivity index (χ4v) is 2.58. The highest BCUT2D eigenvalue weighted by Gasteiger charge is 2.17. The number of rotatable bonds is 7. The predicted octanol–water partition coefficient (Wildman–Crippen LogP) is 2.97. The van der Waals surface area contributed by atoms with E-state index < -0.39 is 23.7 Å². The monoisotopic (exact) mass is 379 g/mol. The molecule has 2 aromatic rings. The molecule has 0 saturated heterocycles. The van der Waals surface area contributed by atoms with Crippen molar-refractivity contribution in [2.24, 2.45) is 0 Å². The molecule has 8 nitrogen and oxygen atoms in total. The number of fused-ring (bicyclic) bond motifs is 1. The van der Waals surface area contributed by atoms with Crippen molar-refractivity contribution in [3.05, 3.63) is 46.3 Å². The van der Waals surface area contributed by atoms with Gasteiger partial charge in [-0.2, -0.15) is 0 Å². The summed E-state index contributed by atoms with van der Waals surface area (Å²) in [5.41, 5.74) is 0.749. The lowest BCUT2D eigenvalue weighted by Crippen LogP contribution is -2.10. The Labute approximate surface area is 152 Å². The number of pyridine rings is 1. The minimum Gasteiger partial charge on any atom is -0.478 e. The van der Waals surface area contributed by atoms with Gasteiger partial charge >= 0.3 is 17.9 Å². The van der Waals surface area contributed by atoms with Gasteiger partial charge in [0.25, 0.3) is 0 Å². The highest BCUT2D eigenvalue weighted by molar-refractivity contribution is 6.35. The van der Waals surface area contributed by atoms with Crippen LogP contribution < -0.4 is 4.74 Å². The number of aromatic nitrogens is 1. The van der Waals surface area contributed by atoms with Crippen LogP contribution in [0.1, 0.15) is 29.4 Å². The Balaban J connectivity index is 2.64.